The van der Waals surface area contributed by atoms with E-state index >= 15 is 0 Å². The van der Waals surface area contributed by atoms with Gasteiger partial charge in [0, 0.05) is 24.9 Å². The first-order valence-electron chi connectivity index (χ1n) is 6.93. The summed E-state index contributed by atoms with van der Waals surface area (Å²) < 4.78 is 43.5. The summed E-state index contributed by atoms with van der Waals surface area (Å²) in [6.45, 7) is -1.94. The van der Waals surface area contributed by atoms with Crippen LogP contribution in [0.4, 0.5) is 13.2 Å². The van der Waals surface area contributed by atoms with Crippen LogP contribution in [0.3, 0.4) is 0 Å². The second-order valence-corrected chi connectivity index (χ2v) is 5.38. The third-order valence-electron chi connectivity index (χ3n) is 3.32. The Morgan fingerprint density at radius 2 is 2.21 bits per heavy atom. The highest BCUT2D eigenvalue weighted by molar-refractivity contribution is 5.97. The predicted octanol–water partition coefficient (Wildman–Crippen LogP) is 1.80. The van der Waals surface area contributed by atoms with E-state index in [4.69, 9.17) is 0 Å². The third kappa shape index (κ3) is 4.25. The molecule has 0 fully saturated rings. The highest BCUT2D eigenvalue weighted by Gasteiger charge is 2.26. The summed E-state index contributed by atoms with van der Waals surface area (Å²) in [5.74, 6) is -2.18. The number of halogens is 3. The first-order chi connectivity index (χ1) is 11.2. The van der Waals surface area contributed by atoms with E-state index < -0.39 is 29.7 Å². The molecule has 1 aromatic carbocycles. The molecule has 2 aromatic rings. The van der Waals surface area contributed by atoms with E-state index in [1.165, 1.54) is 17.8 Å². The molecule has 0 saturated carbocycles. The number of aromatic nitrogens is 2. The zero-order chi connectivity index (χ0) is 17.9. The van der Waals surface area contributed by atoms with Gasteiger partial charge in [0.05, 0.1) is 18.3 Å². The van der Waals surface area contributed by atoms with Crippen LogP contribution in [0.5, 0.6) is 5.75 Å². The van der Waals surface area contributed by atoms with E-state index in [0.29, 0.717) is 11.6 Å². The van der Waals surface area contributed by atoms with Gasteiger partial charge in [0.1, 0.15) is 17.2 Å². The number of hydrogen-bond acceptors (Lipinski definition) is 4. The van der Waals surface area contributed by atoms with E-state index in [1.54, 1.807) is 13.2 Å². The molecule has 9 heteroatoms. The van der Waals surface area contributed by atoms with Crippen LogP contribution < -0.4 is 10.1 Å². The maximum Gasteiger partial charge on any atom is 0.387 e. The van der Waals surface area contributed by atoms with E-state index in [0.717, 1.165) is 12.1 Å². The fraction of sp³-hybridized carbons (Fsp3) is 0.333. The molecule has 0 aliphatic rings. The van der Waals surface area contributed by atoms with Crippen LogP contribution in [0.1, 0.15) is 22.8 Å². The average Bonchev–Trinajstić information content (AvgIpc) is 2.92. The number of alkyl halides is 2. The SMILES string of the molecule is Cn1cc(C(C)(O)CNC(=O)c2ccc(F)cc2OC(F)F)cn1. The number of carbonyl (C=O) groups excluding carboxylic acids is 1. The first-order valence-corrected chi connectivity index (χ1v) is 6.93. The minimum absolute atomic E-state index is 0.205. The largest absolute Gasteiger partial charge is 0.434 e. The number of nitrogens with zero attached hydrogens (tertiary/aromatic N) is 2. The Morgan fingerprint density at radius 3 is 2.79 bits per heavy atom. The molecule has 2 N–H and O–H groups in total. The minimum Gasteiger partial charge on any atom is -0.434 e. The molecule has 1 heterocycles. The molecule has 130 valence electrons. The molecule has 0 spiro atoms. The van der Waals surface area contributed by atoms with Gasteiger partial charge in [-0.05, 0) is 19.1 Å². The number of hydrogen-bond donors (Lipinski definition) is 2. The molecule has 1 unspecified atom stereocenters. The van der Waals surface area contributed by atoms with Crippen molar-refractivity contribution >= 4 is 5.91 Å². The van der Waals surface area contributed by atoms with Crippen molar-refractivity contribution < 1.29 is 27.8 Å². The normalized spacial score (nSPS) is 13.6. The number of benzene rings is 1. The quantitative estimate of drug-likeness (QED) is 0.839. The Labute approximate surface area is 135 Å². The van der Waals surface area contributed by atoms with Crippen LogP contribution >= 0.6 is 0 Å². The second-order valence-electron chi connectivity index (χ2n) is 5.38. The lowest BCUT2D eigenvalue weighted by molar-refractivity contribution is -0.0503. The lowest BCUT2D eigenvalue weighted by Crippen LogP contribution is -2.38. The lowest BCUT2D eigenvalue weighted by Gasteiger charge is -2.22. The number of nitrogens with one attached hydrogen (secondary N) is 1. The molecular formula is C15H16F3N3O3. The Kier molecular flexibility index (Phi) is 5.13. The number of aryl methyl sites for hydroxylation is 1. The highest BCUT2D eigenvalue weighted by atomic mass is 19.3. The van der Waals surface area contributed by atoms with E-state index in [1.807, 2.05) is 0 Å². The van der Waals surface area contributed by atoms with Gasteiger partial charge in [0.15, 0.2) is 0 Å². The zero-order valence-electron chi connectivity index (χ0n) is 13.0. The van der Waals surface area contributed by atoms with Gasteiger partial charge in [-0.2, -0.15) is 13.9 Å². The minimum atomic E-state index is -3.20. The topological polar surface area (TPSA) is 76.4 Å². The molecule has 1 aromatic heterocycles. The Morgan fingerprint density at radius 1 is 1.50 bits per heavy atom. The number of aliphatic hydroxyl groups is 1. The van der Waals surface area contributed by atoms with Gasteiger partial charge in [-0.15, -0.1) is 0 Å². The van der Waals surface area contributed by atoms with Crippen LogP contribution in [0, 0.1) is 5.82 Å². The molecule has 2 rings (SSSR count). The van der Waals surface area contributed by atoms with Crippen LogP contribution in [-0.2, 0) is 12.6 Å². The lowest BCUT2D eigenvalue weighted by atomic mass is 9.99. The van der Waals surface area contributed by atoms with E-state index in [2.05, 4.69) is 15.2 Å². The van der Waals surface area contributed by atoms with Gasteiger partial charge in [0.25, 0.3) is 5.91 Å². The first kappa shape index (κ1) is 17.8. The maximum atomic E-state index is 13.2. The fourth-order valence-corrected chi connectivity index (χ4v) is 2.03. The van der Waals surface area contributed by atoms with Gasteiger partial charge >= 0.3 is 6.61 Å². The van der Waals surface area contributed by atoms with Gasteiger partial charge in [-0.25, -0.2) is 4.39 Å². The summed E-state index contributed by atoms with van der Waals surface area (Å²) in [6.07, 6.45) is 3.02. The molecule has 0 aliphatic heterocycles. The summed E-state index contributed by atoms with van der Waals surface area (Å²) in [5, 5.41) is 16.7. The smallest absolute Gasteiger partial charge is 0.387 e. The van der Waals surface area contributed by atoms with Crippen LogP contribution in [0.15, 0.2) is 30.6 Å². The monoisotopic (exact) mass is 343 g/mol. The fourth-order valence-electron chi connectivity index (χ4n) is 2.03. The molecule has 6 nitrogen and oxygen atoms in total. The van der Waals surface area contributed by atoms with Crippen molar-refractivity contribution in [3.8, 4) is 5.75 Å². The number of carbonyl (C=O) groups is 1. The number of ether oxygens (including phenoxy) is 1. The summed E-state index contributed by atoms with van der Waals surface area (Å²) in [4.78, 5) is 12.2. The Bertz CT molecular complexity index is 732. The molecular weight excluding hydrogens is 327 g/mol. The van der Waals surface area contributed by atoms with Crippen molar-refractivity contribution in [2.45, 2.75) is 19.1 Å². The second kappa shape index (κ2) is 6.91. The van der Waals surface area contributed by atoms with Crippen molar-refractivity contribution in [3.63, 3.8) is 0 Å². The number of rotatable bonds is 6. The van der Waals surface area contributed by atoms with Crippen molar-refractivity contribution in [1.82, 2.24) is 15.1 Å². The van der Waals surface area contributed by atoms with Crippen molar-refractivity contribution in [1.29, 1.82) is 0 Å². The summed E-state index contributed by atoms with van der Waals surface area (Å²) in [7, 11) is 1.67. The van der Waals surface area contributed by atoms with Gasteiger partial charge in [-0.3, -0.25) is 9.48 Å². The van der Waals surface area contributed by atoms with E-state index in [9.17, 15) is 23.1 Å². The molecule has 0 bridgehead atoms. The molecule has 1 atom stereocenters. The van der Waals surface area contributed by atoms with Crippen molar-refractivity contribution in [2.75, 3.05) is 6.54 Å². The molecule has 0 saturated heterocycles. The van der Waals surface area contributed by atoms with E-state index in [-0.39, 0.29) is 12.1 Å². The van der Waals surface area contributed by atoms with Crippen molar-refractivity contribution in [2.24, 2.45) is 7.05 Å². The molecule has 0 radical (unpaired) electrons. The highest BCUT2D eigenvalue weighted by Crippen LogP contribution is 2.23. The third-order valence-corrected chi connectivity index (χ3v) is 3.32. The zero-order valence-corrected chi connectivity index (χ0v) is 13.0. The summed E-state index contributed by atoms with van der Waals surface area (Å²) >= 11 is 0. The molecule has 1 amide bonds. The predicted molar refractivity (Wildman–Crippen MR) is 78.1 cm³/mol. The Balaban J connectivity index is 2.12. The van der Waals surface area contributed by atoms with Crippen LogP contribution in [-0.4, -0.2) is 34.0 Å². The van der Waals surface area contributed by atoms with Gasteiger partial charge in [0.2, 0.25) is 0 Å². The standard InChI is InChI=1S/C15H16F3N3O3/c1-15(23,9-6-20-21(2)7-9)8-19-13(22)11-4-3-10(16)5-12(11)24-14(17)18/h3-7,14,23H,8H2,1-2H3,(H,19,22). The van der Waals surface area contributed by atoms with Gasteiger partial charge < -0.3 is 15.2 Å². The maximum absolute atomic E-state index is 13.2. The average molecular weight is 343 g/mol. The summed E-state index contributed by atoms with van der Waals surface area (Å²) in [6, 6.07) is 2.67. The van der Waals surface area contributed by atoms with Gasteiger partial charge in [-0.1, -0.05) is 0 Å². The van der Waals surface area contributed by atoms with Crippen LogP contribution in [0.2, 0.25) is 0 Å². The van der Waals surface area contributed by atoms with Crippen molar-refractivity contribution in [3.05, 3.63) is 47.5 Å². The van der Waals surface area contributed by atoms with Crippen LogP contribution in [0.25, 0.3) is 0 Å². The molecule has 0 aliphatic carbocycles. The Hall–Kier alpha value is -2.55. The summed E-state index contributed by atoms with van der Waals surface area (Å²) in [5.41, 5.74) is -1.22. The molecule has 24 heavy (non-hydrogen) atoms. The number of amides is 1.